The lowest BCUT2D eigenvalue weighted by Crippen LogP contribution is -2.71. The minimum absolute atomic E-state index is 0.0339. The second kappa shape index (κ2) is 10.5. The van der Waals surface area contributed by atoms with Gasteiger partial charge in [0.25, 0.3) is 11.8 Å². The Morgan fingerprint density at radius 3 is 2.56 bits per heavy atom. The number of aliphatic hydroxyl groups excluding tert-OH is 1. The zero-order valence-electron chi connectivity index (χ0n) is 20.1. The van der Waals surface area contributed by atoms with Crippen LogP contribution in [0.15, 0.2) is 16.4 Å². The van der Waals surface area contributed by atoms with Crippen LogP contribution in [0.5, 0.6) is 0 Å². The van der Waals surface area contributed by atoms with Crippen molar-refractivity contribution in [2.24, 2.45) is 5.16 Å². The summed E-state index contributed by atoms with van der Waals surface area (Å²) in [4.78, 5) is 48.2. The minimum Gasteiger partial charge on any atom is -0.477 e. The summed E-state index contributed by atoms with van der Waals surface area (Å²) >= 11 is 7.94. The Morgan fingerprint density at radius 2 is 2.03 bits per heavy atom. The summed E-state index contributed by atoms with van der Waals surface area (Å²) in [5.41, 5.74) is 3.44. The number of nitrogens with two attached hydrogens (primary N) is 1. The molecule has 0 bridgehead atoms. The van der Waals surface area contributed by atoms with Gasteiger partial charge in [0, 0.05) is 23.2 Å². The van der Waals surface area contributed by atoms with Crippen molar-refractivity contribution in [3.8, 4) is 0 Å². The Bertz CT molecular complexity index is 1120. The minimum atomic E-state index is -1.41. The van der Waals surface area contributed by atoms with Crippen LogP contribution >= 0.6 is 34.9 Å². The lowest BCUT2D eigenvalue weighted by molar-refractivity contribution is -0.253. The SMILES string of the molecule is CC(C)(C)OC(O)C(C)(C)ON=C(C(=O)N[C@@H]1C(=O)N2C(C(=O)O)=C(CCl)CS[C@H]12)c1nsc(N)n1. The molecule has 3 atom stereocenters. The van der Waals surface area contributed by atoms with Crippen LogP contribution in [0.3, 0.4) is 0 Å². The van der Waals surface area contributed by atoms with Gasteiger partial charge in [-0.05, 0) is 40.2 Å². The number of halogens is 1. The molecule has 3 heterocycles. The summed E-state index contributed by atoms with van der Waals surface area (Å²) < 4.78 is 9.50. The van der Waals surface area contributed by atoms with Gasteiger partial charge in [-0.1, -0.05) is 5.16 Å². The summed E-state index contributed by atoms with van der Waals surface area (Å²) in [6.45, 7) is 8.26. The fraction of sp³-hybridized carbons (Fsp3) is 0.600. The maximum atomic E-state index is 13.2. The van der Waals surface area contributed by atoms with Gasteiger partial charge in [-0.15, -0.1) is 23.4 Å². The topological polar surface area (TPSA) is 190 Å². The molecule has 16 heteroatoms. The number of amides is 2. The monoisotopic (exact) mass is 562 g/mol. The fourth-order valence-corrected chi connectivity index (χ4v) is 5.31. The van der Waals surface area contributed by atoms with E-state index in [1.807, 2.05) is 0 Å². The van der Waals surface area contributed by atoms with Crippen LogP contribution in [0.1, 0.15) is 40.4 Å². The lowest BCUT2D eigenvalue weighted by atomic mass is 10.0. The molecule has 2 aliphatic heterocycles. The number of hydrogen-bond acceptors (Lipinski definition) is 12. The third-order valence-electron chi connectivity index (χ3n) is 5.00. The maximum Gasteiger partial charge on any atom is 0.352 e. The molecule has 5 N–H and O–H groups in total. The summed E-state index contributed by atoms with van der Waals surface area (Å²) in [6.07, 6.45) is -1.41. The Labute approximate surface area is 220 Å². The van der Waals surface area contributed by atoms with E-state index in [1.54, 1.807) is 20.8 Å². The van der Waals surface area contributed by atoms with Gasteiger partial charge in [0.2, 0.25) is 11.5 Å². The zero-order valence-corrected chi connectivity index (χ0v) is 22.5. The number of anilines is 1. The highest BCUT2D eigenvalue weighted by Gasteiger charge is 2.54. The number of alkyl halides is 1. The fourth-order valence-electron chi connectivity index (χ4n) is 3.20. The first kappa shape index (κ1) is 28.1. The van der Waals surface area contributed by atoms with Crippen LogP contribution in [-0.4, -0.2) is 88.5 Å². The molecule has 2 amide bonds. The largest absolute Gasteiger partial charge is 0.477 e. The second-order valence-electron chi connectivity index (χ2n) is 9.43. The summed E-state index contributed by atoms with van der Waals surface area (Å²) in [7, 11) is 0. The highest BCUT2D eigenvalue weighted by atomic mass is 35.5. The highest BCUT2D eigenvalue weighted by Crippen LogP contribution is 2.40. The van der Waals surface area contributed by atoms with E-state index in [4.69, 9.17) is 26.9 Å². The van der Waals surface area contributed by atoms with Gasteiger partial charge in [-0.3, -0.25) is 14.5 Å². The van der Waals surface area contributed by atoms with E-state index in [2.05, 4.69) is 19.8 Å². The number of hydrogen-bond donors (Lipinski definition) is 4. The third-order valence-corrected chi connectivity index (χ3v) is 7.20. The van der Waals surface area contributed by atoms with Crippen molar-refractivity contribution in [3.05, 3.63) is 17.1 Å². The molecule has 1 aromatic heterocycles. The molecule has 1 aromatic rings. The maximum absolute atomic E-state index is 13.2. The molecule has 0 aliphatic carbocycles. The van der Waals surface area contributed by atoms with Crippen LogP contribution < -0.4 is 11.1 Å². The first-order valence-corrected chi connectivity index (χ1v) is 13.0. The molecule has 13 nitrogen and oxygen atoms in total. The number of aliphatic carboxylic acids is 1. The van der Waals surface area contributed by atoms with Crippen molar-refractivity contribution in [2.45, 2.75) is 63.5 Å². The molecule has 2 aliphatic rings. The van der Waals surface area contributed by atoms with E-state index in [9.17, 15) is 24.6 Å². The second-order valence-corrected chi connectivity index (χ2v) is 11.6. The van der Waals surface area contributed by atoms with E-state index in [-0.39, 0.29) is 28.2 Å². The number of nitrogens with one attached hydrogen (secondary N) is 1. The van der Waals surface area contributed by atoms with Gasteiger partial charge in [0.1, 0.15) is 17.1 Å². The third kappa shape index (κ3) is 5.91. The van der Waals surface area contributed by atoms with Crippen LogP contribution in [0.4, 0.5) is 5.13 Å². The van der Waals surface area contributed by atoms with E-state index >= 15 is 0 Å². The molecule has 3 rings (SSSR count). The van der Waals surface area contributed by atoms with Crippen LogP contribution in [0.25, 0.3) is 0 Å². The van der Waals surface area contributed by atoms with Crippen molar-refractivity contribution in [2.75, 3.05) is 17.4 Å². The lowest BCUT2D eigenvalue weighted by Gasteiger charge is -2.49. The molecule has 1 unspecified atom stereocenters. The Balaban J connectivity index is 1.82. The van der Waals surface area contributed by atoms with E-state index in [0.29, 0.717) is 11.3 Å². The van der Waals surface area contributed by atoms with Crippen molar-refractivity contribution in [1.82, 2.24) is 19.6 Å². The number of carbonyl (C=O) groups excluding carboxylic acids is 2. The van der Waals surface area contributed by atoms with Gasteiger partial charge in [-0.2, -0.15) is 9.36 Å². The number of nitrogen functional groups attached to an aromatic ring is 1. The smallest absolute Gasteiger partial charge is 0.352 e. The highest BCUT2D eigenvalue weighted by molar-refractivity contribution is 8.00. The quantitative estimate of drug-likeness (QED) is 0.109. The van der Waals surface area contributed by atoms with E-state index in [0.717, 1.165) is 16.4 Å². The summed E-state index contributed by atoms with van der Waals surface area (Å²) in [6, 6.07) is -1.03. The number of β-lactam (4-membered cyclic amide) rings is 1. The van der Waals surface area contributed by atoms with Gasteiger partial charge >= 0.3 is 5.97 Å². The predicted molar refractivity (Wildman–Crippen MR) is 133 cm³/mol. The average Bonchev–Trinajstić information content (AvgIpc) is 3.20. The number of thioether (sulfide) groups is 1. The molecular formula is C20H27ClN6O7S2. The molecule has 0 aromatic carbocycles. The molecular weight excluding hydrogens is 536 g/mol. The molecule has 0 spiro atoms. The number of carboxylic acid groups (broad SMARTS) is 1. The molecule has 0 radical (unpaired) electrons. The van der Waals surface area contributed by atoms with Gasteiger partial charge < -0.3 is 30.8 Å². The average molecular weight is 563 g/mol. The van der Waals surface area contributed by atoms with Crippen LogP contribution in [-0.2, 0) is 24.0 Å². The number of ether oxygens (including phenoxy) is 1. The predicted octanol–water partition coefficient (Wildman–Crippen LogP) is 0.731. The number of oxime groups is 1. The number of aliphatic hydroxyl groups is 1. The van der Waals surface area contributed by atoms with Gasteiger partial charge in [0.15, 0.2) is 17.0 Å². The standard InChI is InChI=1S/C20H27ClN6O7S2/c1-19(2,3)33-17(32)20(4,5)34-25-9(12-24-18(22)36-26-12)13(28)23-10-14(29)27-11(16(30)31)8(6-21)7-35-15(10)27/h10,15,17,32H,6-7H2,1-5H3,(H,23,28)(H,30,31)(H2,22,24,26)/t10-,15-,17?/m1/s1. The molecule has 0 saturated carbocycles. The van der Waals surface area contributed by atoms with Crippen molar-refractivity contribution in [1.29, 1.82) is 0 Å². The van der Waals surface area contributed by atoms with Crippen molar-refractivity contribution < 1.29 is 34.2 Å². The Hall–Kier alpha value is -2.46. The molecule has 198 valence electrons. The summed E-state index contributed by atoms with van der Waals surface area (Å²) in [5, 5.41) is 25.8. The van der Waals surface area contributed by atoms with Crippen molar-refractivity contribution in [3.63, 3.8) is 0 Å². The molecule has 1 fully saturated rings. The number of carboxylic acids is 1. The number of carbonyl (C=O) groups is 3. The number of aromatic nitrogens is 2. The number of nitrogens with zero attached hydrogens (tertiary/aromatic N) is 4. The first-order valence-electron chi connectivity index (χ1n) is 10.6. The normalized spacial score (nSPS) is 21.6. The first-order chi connectivity index (χ1) is 16.7. The van der Waals surface area contributed by atoms with Crippen LogP contribution in [0.2, 0.25) is 0 Å². The number of fused-ring (bicyclic) bond motifs is 1. The molecule has 36 heavy (non-hydrogen) atoms. The molecule has 1 saturated heterocycles. The van der Waals surface area contributed by atoms with E-state index < -0.39 is 46.7 Å². The Kier molecular flexibility index (Phi) is 8.20. The zero-order chi connectivity index (χ0) is 27.0. The summed E-state index contributed by atoms with van der Waals surface area (Å²) in [5.74, 6) is -2.62. The van der Waals surface area contributed by atoms with Crippen LogP contribution in [0, 0.1) is 0 Å². The number of rotatable bonds is 9. The van der Waals surface area contributed by atoms with Gasteiger partial charge in [-0.25, -0.2) is 4.79 Å². The van der Waals surface area contributed by atoms with E-state index in [1.165, 1.54) is 25.6 Å². The van der Waals surface area contributed by atoms with Gasteiger partial charge in [0.05, 0.1) is 5.60 Å². The Morgan fingerprint density at radius 1 is 1.36 bits per heavy atom. The van der Waals surface area contributed by atoms with Crippen molar-refractivity contribution >= 4 is 63.5 Å².